The molecule has 2 amide bonds. The normalized spacial score (nSPS) is 14.8. The van der Waals surface area contributed by atoms with Gasteiger partial charge in [0.1, 0.15) is 5.75 Å². The number of carbonyl (C=O) groups is 2. The molecule has 0 bridgehead atoms. The first-order valence-corrected chi connectivity index (χ1v) is 8.33. The van der Waals surface area contributed by atoms with Crippen molar-refractivity contribution in [2.75, 3.05) is 12.4 Å². The van der Waals surface area contributed by atoms with Gasteiger partial charge in [-0.3, -0.25) is 14.3 Å². The molecule has 1 aliphatic carbocycles. The van der Waals surface area contributed by atoms with Crippen LogP contribution in [-0.2, 0) is 0 Å². The maximum absolute atomic E-state index is 12.5. The van der Waals surface area contributed by atoms with Crippen LogP contribution >= 0.6 is 0 Å². The predicted octanol–water partition coefficient (Wildman–Crippen LogP) is 2.48. The summed E-state index contributed by atoms with van der Waals surface area (Å²) in [6, 6.07) is 6.29. The minimum atomic E-state index is -0.422. The lowest BCUT2D eigenvalue weighted by molar-refractivity contribution is 0.0961. The maximum Gasteiger partial charge on any atom is 0.276 e. The topological polar surface area (TPSA) is 96.3 Å². The van der Waals surface area contributed by atoms with Crippen molar-refractivity contribution in [1.29, 1.82) is 0 Å². The van der Waals surface area contributed by atoms with Gasteiger partial charge in [0.2, 0.25) is 0 Å². The van der Waals surface area contributed by atoms with Crippen LogP contribution in [0.1, 0.15) is 52.3 Å². The van der Waals surface area contributed by atoms with E-state index in [9.17, 15) is 14.7 Å². The summed E-state index contributed by atoms with van der Waals surface area (Å²) in [6.45, 7) is 4.03. The summed E-state index contributed by atoms with van der Waals surface area (Å²) < 4.78 is 1.88. The Bertz CT molecular complexity index is 824. The predicted molar refractivity (Wildman–Crippen MR) is 93.8 cm³/mol. The van der Waals surface area contributed by atoms with Crippen molar-refractivity contribution >= 4 is 17.5 Å². The zero-order valence-corrected chi connectivity index (χ0v) is 14.5. The Balaban J connectivity index is 1.80. The van der Waals surface area contributed by atoms with Crippen LogP contribution in [0.3, 0.4) is 0 Å². The van der Waals surface area contributed by atoms with Crippen LogP contribution in [0.5, 0.6) is 5.75 Å². The Labute approximate surface area is 146 Å². The lowest BCUT2D eigenvalue weighted by Gasteiger charge is -2.12. The minimum absolute atomic E-state index is 0.108. The van der Waals surface area contributed by atoms with E-state index in [4.69, 9.17) is 0 Å². The van der Waals surface area contributed by atoms with Crippen LogP contribution in [0.25, 0.3) is 0 Å². The van der Waals surface area contributed by atoms with Crippen LogP contribution in [0.15, 0.2) is 24.3 Å². The van der Waals surface area contributed by atoms with E-state index in [1.807, 2.05) is 11.6 Å². The second-order valence-corrected chi connectivity index (χ2v) is 6.46. The van der Waals surface area contributed by atoms with Crippen molar-refractivity contribution in [2.45, 2.75) is 32.7 Å². The van der Waals surface area contributed by atoms with Gasteiger partial charge in [-0.25, -0.2) is 0 Å². The number of benzene rings is 1. The summed E-state index contributed by atoms with van der Waals surface area (Å²) >= 11 is 0. The molecule has 132 valence electrons. The van der Waals surface area contributed by atoms with Crippen LogP contribution < -0.4 is 10.6 Å². The monoisotopic (exact) mass is 342 g/mol. The molecule has 0 saturated heterocycles. The molecule has 1 heterocycles. The molecule has 1 aromatic carbocycles. The number of aromatic nitrogens is 2. The molecular weight excluding hydrogens is 320 g/mol. The first kappa shape index (κ1) is 17.0. The number of hydrogen-bond acceptors (Lipinski definition) is 4. The van der Waals surface area contributed by atoms with E-state index >= 15 is 0 Å². The van der Waals surface area contributed by atoms with Gasteiger partial charge in [0.05, 0.1) is 11.7 Å². The quantitative estimate of drug-likeness (QED) is 0.727. The average molecular weight is 342 g/mol. The molecule has 0 radical (unpaired) electrons. The number of nitrogens with zero attached hydrogens (tertiary/aromatic N) is 2. The Morgan fingerprint density at radius 2 is 2.00 bits per heavy atom. The second-order valence-electron chi connectivity index (χ2n) is 6.46. The highest BCUT2D eigenvalue weighted by Crippen LogP contribution is 2.39. The summed E-state index contributed by atoms with van der Waals surface area (Å²) in [6.07, 6.45) is 2.39. The van der Waals surface area contributed by atoms with Gasteiger partial charge >= 0.3 is 0 Å². The SMILES string of the molecule is CNC(=O)c1ccc(O)c(NC(=O)c2cc(C)n(C(C)C3CC3)n2)c1. The molecule has 1 atom stereocenters. The van der Waals surface area contributed by atoms with Gasteiger partial charge in [-0.15, -0.1) is 0 Å². The molecule has 1 saturated carbocycles. The Hall–Kier alpha value is -2.83. The summed E-state index contributed by atoms with van der Waals surface area (Å²) in [5.74, 6) is -0.200. The van der Waals surface area contributed by atoms with Crippen LogP contribution in [0, 0.1) is 12.8 Å². The molecule has 1 unspecified atom stereocenters. The maximum atomic E-state index is 12.5. The largest absolute Gasteiger partial charge is 0.506 e. The number of hydrogen-bond donors (Lipinski definition) is 3. The molecule has 3 rings (SSSR count). The van der Waals surface area contributed by atoms with Gasteiger partial charge < -0.3 is 15.7 Å². The first-order valence-electron chi connectivity index (χ1n) is 8.33. The van der Waals surface area contributed by atoms with E-state index in [0.29, 0.717) is 11.5 Å². The average Bonchev–Trinajstić information content (AvgIpc) is 3.37. The molecule has 0 aliphatic heterocycles. The third-order valence-electron chi connectivity index (χ3n) is 4.58. The van der Waals surface area contributed by atoms with E-state index in [-0.39, 0.29) is 29.1 Å². The number of carbonyl (C=O) groups excluding carboxylic acids is 2. The highest BCUT2D eigenvalue weighted by atomic mass is 16.3. The fourth-order valence-electron chi connectivity index (χ4n) is 2.90. The molecular formula is C18H22N4O3. The zero-order chi connectivity index (χ0) is 18.1. The fraction of sp³-hybridized carbons (Fsp3) is 0.389. The van der Waals surface area contributed by atoms with Gasteiger partial charge in [0, 0.05) is 18.3 Å². The smallest absolute Gasteiger partial charge is 0.276 e. The van der Waals surface area contributed by atoms with Crippen LogP contribution in [-0.4, -0.2) is 33.7 Å². The Kier molecular flexibility index (Phi) is 4.48. The number of amides is 2. The van der Waals surface area contributed by atoms with E-state index in [0.717, 1.165) is 5.69 Å². The van der Waals surface area contributed by atoms with Crippen LogP contribution in [0.4, 0.5) is 5.69 Å². The summed E-state index contributed by atoms with van der Waals surface area (Å²) in [5, 5.41) is 19.5. The molecule has 1 aromatic heterocycles. The van der Waals surface area contributed by atoms with Crippen molar-refractivity contribution < 1.29 is 14.7 Å². The number of rotatable bonds is 5. The molecule has 0 spiro atoms. The minimum Gasteiger partial charge on any atom is -0.506 e. The molecule has 25 heavy (non-hydrogen) atoms. The van der Waals surface area contributed by atoms with E-state index < -0.39 is 5.91 Å². The summed E-state index contributed by atoms with van der Waals surface area (Å²) in [4.78, 5) is 24.2. The highest BCUT2D eigenvalue weighted by molar-refractivity contribution is 6.05. The molecule has 7 heteroatoms. The molecule has 1 fully saturated rings. The van der Waals surface area contributed by atoms with Gasteiger partial charge in [0.15, 0.2) is 5.69 Å². The Morgan fingerprint density at radius 1 is 1.28 bits per heavy atom. The standard InChI is InChI=1S/C18H22N4O3/c1-10-8-15(21-22(10)11(2)12-4-5-12)18(25)20-14-9-13(17(24)19-3)6-7-16(14)23/h6-9,11-12,23H,4-5H2,1-3H3,(H,19,24)(H,20,25). The highest BCUT2D eigenvalue weighted by Gasteiger charge is 2.31. The van der Waals surface area contributed by atoms with Gasteiger partial charge in [0.25, 0.3) is 11.8 Å². The zero-order valence-electron chi connectivity index (χ0n) is 14.5. The van der Waals surface area contributed by atoms with Crippen molar-refractivity contribution in [3.05, 3.63) is 41.2 Å². The number of aryl methyl sites for hydroxylation is 1. The van der Waals surface area contributed by atoms with E-state index in [2.05, 4.69) is 22.7 Å². The van der Waals surface area contributed by atoms with Gasteiger partial charge in [-0.2, -0.15) is 5.10 Å². The Morgan fingerprint density at radius 3 is 2.64 bits per heavy atom. The number of nitrogens with one attached hydrogen (secondary N) is 2. The third-order valence-corrected chi connectivity index (χ3v) is 4.58. The van der Waals surface area contributed by atoms with Gasteiger partial charge in [-0.05, 0) is 56.9 Å². The third kappa shape index (κ3) is 3.50. The number of phenolic OH excluding ortho intramolecular Hbond substituents is 1. The lowest BCUT2D eigenvalue weighted by atomic mass is 10.1. The van der Waals surface area contributed by atoms with Crippen LogP contribution in [0.2, 0.25) is 0 Å². The molecule has 1 aliphatic rings. The van der Waals surface area contributed by atoms with Gasteiger partial charge in [-0.1, -0.05) is 0 Å². The van der Waals surface area contributed by atoms with Crippen molar-refractivity contribution in [3.8, 4) is 5.75 Å². The number of phenols is 1. The lowest BCUT2D eigenvalue weighted by Crippen LogP contribution is -2.19. The second kappa shape index (κ2) is 6.58. The fourth-order valence-corrected chi connectivity index (χ4v) is 2.90. The molecule has 7 nitrogen and oxygen atoms in total. The molecule has 3 N–H and O–H groups in total. The first-order chi connectivity index (χ1) is 11.9. The number of anilines is 1. The van der Waals surface area contributed by atoms with Crippen molar-refractivity contribution in [2.24, 2.45) is 5.92 Å². The van der Waals surface area contributed by atoms with Crippen molar-refractivity contribution in [3.63, 3.8) is 0 Å². The van der Waals surface area contributed by atoms with Crippen molar-refractivity contribution in [1.82, 2.24) is 15.1 Å². The molecule has 2 aromatic rings. The van der Waals surface area contributed by atoms with E-state index in [1.54, 1.807) is 6.07 Å². The summed E-state index contributed by atoms with van der Waals surface area (Å²) in [5.41, 5.74) is 1.73. The van der Waals surface area contributed by atoms with E-state index in [1.165, 1.54) is 38.1 Å². The number of aromatic hydroxyl groups is 1. The summed E-state index contributed by atoms with van der Waals surface area (Å²) in [7, 11) is 1.52.